The van der Waals surface area contributed by atoms with Crippen LogP contribution < -0.4 is 10.6 Å². The lowest BCUT2D eigenvalue weighted by Crippen LogP contribution is -2.46. The van der Waals surface area contributed by atoms with Gasteiger partial charge in [0.2, 0.25) is 0 Å². The van der Waals surface area contributed by atoms with E-state index in [1.54, 1.807) is 6.07 Å². The molecule has 1 aliphatic carbocycles. The highest BCUT2D eigenvalue weighted by molar-refractivity contribution is 9.10. The average molecular weight is 357 g/mol. The van der Waals surface area contributed by atoms with E-state index in [0.29, 0.717) is 16.6 Å². The van der Waals surface area contributed by atoms with Crippen molar-refractivity contribution in [1.82, 2.24) is 5.32 Å². The van der Waals surface area contributed by atoms with Crippen molar-refractivity contribution >= 4 is 33.6 Å². The van der Waals surface area contributed by atoms with Crippen LogP contribution in [-0.4, -0.2) is 34.4 Å². The highest BCUT2D eigenvalue weighted by Crippen LogP contribution is 2.21. The van der Waals surface area contributed by atoms with E-state index in [1.165, 1.54) is 12.1 Å². The summed E-state index contributed by atoms with van der Waals surface area (Å²) >= 11 is 3.20. The van der Waals surface area contributed by atoms with Gasteiger partial charge in [0.05, 0.1) is 17.7 Å². The van der Waals surface area contributed by atoms with Crippen LogP contribution in [0.4, 0.5) is 10.5 Å². The fraction of sp³-hybridized carbons (Fsp3) is 0.429. The molecule has 2 amide bonds. The number of anilines is 1. The minimum Gasteiger partial charge on any atom is -0.478 e. The molecule has 21 heavy (non-hydrogen) atoms. The summed E-state index contributed by atoms with van der Waals surface area (Å²) in [6, 6.07) is 3.74. The number of benzene rings is 1. The second-order valence-electron chi connectivity index (χ2n) is 5.09. The molecule has 7 heteroatoms. The third-order valence-corrected chi connectivity index (χ3v) is 3.91. The van der Waals surface area contributed by atoms with Gasteiger partial charge in [0.15, 0.2) is 0 Å². The van der Waals surface area contributed by atoms with Crippen molar-refractivity contribution in [2.24, 2.45) is 0 Å². The van der Waals surface area contributed by atoms with Crippen LogP contribution in [0, 0.1) is 0 Å². The first-order chi connectivity index (χ1) is 9.95. The van der Waals surface area contributed by atoms with Crippen molar-refractivity contribution in [1.29, 1.82) is 0 Å². The number of rotatable bonds is 3. The minimum atomic E-state index is -1.07. The van der Waals surface area contributed by atoms with E-state index in [-0.39, 0.29) is 11.6 Å². The molecule has 0 radical (unpaired) electrons. The molecule has 0 heterocycles. The number of carboxylic acids is 1. The van der Waals surface area contributed by atoms with Gasteiger partial charge >= 0.3 is 12.0 Å². The third-order valence-electron chi connectivity index (χ3n) is 3.45. The van der Waals surface area contributed by atoms with Gasteiger partial charge in [-0.1, -0.05) is 28.8 Å². The summed E-state index contributed by atoms with van der Waals surface area (Å²) in [6.07, 6.45) is 2.84. The number of carbonyl (C=O) groups excluding carboxylic acids is 1. The summed E-state index contributed by atoms with van der Waals surface area (Å²) in [5, 5.41) is 24.1. The van der Waals surface area contributed by atoms with Gasteiger partial charge in [-0.3, -0.25) is 0 Å². The lowest BCUT2D eigenvalue weighted by Gasteiger charge is -2.28. The van der Waals surface area contributed by atoms with Crippen LogP contribution >= 0.6 is 15.9 Å². The van der Waals surface area contributed by atoms with Crippen LogP contribution in [0.1, 0.15) is 36.0 Å². The molecule has 2 unspecified atom stereocenters. The second-order valence-corrected chi connectivity index (χ2v) is 6.01. The summed E-state index contributed by atoms with van der Waals surface area (Å²) in [5.41, 5.74) is 0.460. The largest absolute Gasteiger partial charge is 0.478 e. The topological polar surface area (TPSA) is 98.7 Å². The van der Waals surface area contributed by atoms with Crippen molar-refractivity contribution < 1.29 is 19.8 Å². The standard InChI is InChI=1S/C14H17BrN2O4/c15-9-5-8(13(19)20)6-10(7-9)16-14(21)17-11-3-1-2-4-12(11)18/h5-7,11-12,18H,1-4H2,(H,19,20)(H2,16,17,21). The molecule has 1 aromatic carbocycles. The molecule has 1 fully saturated rings. The third kappa shape index (κ3) is 4.44. The smallest absolute Gasteiger partial charge is 0.335 e. The Labute approximate surface area is 130 Å². The number of carboxylic acid groups (broad SMARTS) is 1. The minimum absolute atomic E-state index is 0.0809. The van der Waals surface area contributed by atoms with Crippen LogP contribution in [0.2, 0.25) is 0 Å². The monoisotopic (exact) mass is 356 g/mol. The van der Waals surface area contributed by atoms with Crippen LogP contribution in [-0.2, 0) is 0 Å². The Hall–Kier alpha value is -1.60. The second kappa shape index (κ2) is 6.91. The molecule has 0 saturated heterocycles. The fourth-order valence-corrected chi connectivity index (χ4v) is 2.89. The number of amides is 2. The molecule has 2 atom stereocenters. The molecule has 6 nitrogen and oxygen atoms in total. The molecule has 1 aliphatic rings. The number of urea groups is 1. The fourth-order valence-electron chi connectivity index (χ4n) is 2.40. The van der Waals surface area contributed by atoms with E-state index >= 15 is 0 Å². The van der Waals surface area contributed by atoms with Gasteiger partial charge in [0.1, 0.15) is 0 Å². The first kappa shape index (κ1) is 15.8. The summed E-state index contributed by atoms with van der Waals surface area (Å²) in [4.78, 5) is 22.9. The number of nitrogens with one attached hydrogen (secondary N) is 2. The number of aromatic carboxylic acids is 1. The van der Waals surface area contributed by atoms with Crippen molar-refractivity contribution in [2.75, 3.05) is 5.32 Å². The van der Waals surface area contributed by atoms with E-state index < -0.39 is 18.1 Å². The number of hydrogen-bond donors (Lipinski definition) is 4. The lowest BCUT2D eigenvalue weighted by atomic mass is 9.93. The molecule has 1 aromatic rings. The van der Waals surface area contributed by atoms with Gasteiger partial charge < -0.3 is 20.8 Å². The summed E-state index contributed by atoms with van der Waals surface area (Å²) in [5.74, 6) is -1.07. The Morgan fingerprint density at radius 3 is 2.57 bits per heavy atom. The summed E-state index contributed by atoms with van der Waals surface area (Å²) in [7, 11) is 0. The maximum atomic E-state index is 11.9. The average Bonchev–Trinajstić information content (AvgIpc) is 2.40. The van der Waals surface area contributed by atoms with Crippen LogP contribution in [0.15, 0.2) is 22.7 Å². The number of aliphatic hydroxyl groups excluding tert-OH is 1. The normalized spacial score (nSPS) is 21.6. The first-order valence-corrected chi connectivity index (χ1v) is 7.54. The molecule has 2 rings (SSSR count). The summed E-state index contributed by atoms with van der Waals surface area (Å²) < 4.78 is 0.565. The van der Waals surface area contributed by atoms with Gasteiger partial charge in [-0.15, -0.1) is 0 Å². The Morgan fingerprint density at radius 1 is 1.19 bits per heavy atom. The molecular weight excluding hydrogens is 340 g/mol. The van der Waals surface area contributed by atoms with Gasteiger partial charge in [-0.05, 0) is 31.0 Å². The molecule has 1 saturated carbocycles. The Balaban J connectivity index is 2.00. The molecule has 4 N–H and O–H groups in total. The zero-order chi connectivity index (χ0) is 15.4. The Kier molecular flexibility index (Phi) is 5.19. The van der Waals surface area contributed by atoms with E-state index in [1.807, 2.05) is 0 Å². The lowest BCUT2D eigenvalue weighted by molar-refractivity contribution is 0.0696. The van der Waals surface area contributed by atoms with Gasteiger partial charge in [-0.2, -0.15) is 0 Å². The quantitative estimate of drug-likeness (QED) is 0.668. The zero-order valence-electron chi connectivity index (χ0n) is 11.3. The van der Waals surface area contributed by atoms with Crippen LogP contribution in [0.25, 0.3) is 0 Å². The Bertz CT molecular complexity index is 550. The molecule has 0 spiro atoms. The molecule has 0 aromatic heterocycles. The number of hydrogen-bond acceptors (Lipinski definition) is 3. The SMILES string of the molecule is O=C(Nc1cc(Br)cc(C(=O)O)c1)NC1CCCCC1O. The van der Waals surface area contributed by atoms with Crippen LogP contribution in [0.3, 0.4) is 0 Å². The Morgan fingerprint density at radius 2 is 1.90 bits per heavy atom. The van der Waals surface area contributed by atoms with Crippen LogP contribution in [0.5, 0.6) is 0 Å². The van der Waals surface area contributed by atoms with E-state index in [9.17, 15) is 14.7 Å². The molecular formula is C14H17BrN2O4. The van der Waals surface area contributed by atoms with E-state index in [0.717, 1.165) is 19.3 Å². The zero-order valence-corrected chi connectivity index (χ0v) is 12.9. The number of carbonyl (C=O) groups is 2. The number of aliphatic hydroxyl groups is 1. The highest BCUT2D eigenvalue weighted by Gasteiger charge is 2.24. The first-order valence-electron chi connectivity index (χ1n) is 6.75. The van der Waals surface area contributed by atoms with E-state index in [4.69, 9.17) is 5.11 Å². The van der Waals surface area contributed by atoms with Crippen molar-refractivity contribution in [3.63, 3.8) is 0 Å². The number of halogens is 1. The molecule has 114 valence electrons. The van der Waals surface area contributed by atoms with Crippen molar-refractivity contribution in [3.05, 3.63) is 28.2 Å². The predicted octanol–water partition coefficient (Wildman–Crippen LogP) is 2.57. The van der Waals surface area contributed by atoms with Crippen molar-refractivity contribution in [3.8, 4) is 0 Å². The maximum absolute atomic E-state index is 11.9. The van der Waals surface area contributed by atoms with Gasteiger partial charge in [0.25, 0.3) is 0 Å². The van der Waals surface area contributed by atoms with E-state index in [2.05, 4.69) is 26.6 Å². The summed E-state index contributed by atoms with van der Waals surface area (Å²) in [6.45, 7) is 0. The highest BCUT2D eigenvalue weighted by atomic mass is 79.9. The predicted molar refractivity (Wildman–Crippen MR) is 81.5 cm³/mol. The van der Waals surface area contributed by atoms with Gasteiger partial charge in [0, 0.05) is 10.2 Å². The molecule has 0 bridgehead atoms. The van der Waals surface area contributed by atoms with Gasteiger partial charge in [-0.25, -0.2) is 9.59 Å². The van der Waals surface area contributed by atoms with Crippen molar-refractivity contribution in [2.45, 2.75) is 37.8 Å². The maximum Gasteiger partial charge on any atom is 0.335 e. The molecule has 0 aliphatic heterocycles.